The van der Waals surface area contributed by atoms with E-state index in [1.54, 1.807) is 0 Å². The Balaban J connectivity index is 2.04. The van der Waals surface area contributed by atoms with Gasteiger partial charge in [0.15, 0.2) is 0 Å². The van der Waals surface area contributed by atoms with E-state index in [9.17, 15) is 8.42 Å². The van der Waals surface area contributed by atoms with Gasteiger partial charge in [-0.1, -0.05) is 0 Å². The summed E-state index contributed by atoms with van der Waals surface area (Å²) in [7, 11) is -0.891. The number of nitrogens with one attached hydrogen (secondary N) is 2. The molecule has 1 rings (SSSR count). The maximum absolute atomic E-state index is 10.8. The number of nitrogens with zero attached hydrogens (tertiary/aromatic N) is 1. The monoisotopic (exact) mass is 249 g/mol. The molecule has 0 saturated carbocycles. The summed E-state index contributed by atoms with van der Waals surface area (Å²) in [6.45, 7) is 4.70. The number of sulfonamides is 1. The minimum atomic E-state index is -3.03. The third kappa shape index (κ3) is 5.25. The van der Waals surface area contributed by atoms with E-state index >= 15 is 0 Å². The van der Waals surface area contributed by atoms with Gasteiger partial charge in [0.2, 0.25) is 10.0 Å². The number of likely N-dealkylation sites (N-methyl/N-ethyl adjacent to an activating group) is 1. The van der Waals surface area contributed by atoms with Gasteiger partial charge in [-0.05, 0) is 33.4 Å². The van der Waals surface area contributed by atoms with Crippen LogP contribution in [0.25, 0.3) is 0 Å². The molecule has 0 aromatic carbocycles. The molecule has 0 aromatic heterocycles. The summed E-state index contributed by atoms with van der Waals surface area (Å²) in [5, 5.41) is 3.45. The van der Waals surface area contributed by atoms with Crippen molar-refractivity contribution >= 4 is 10.0 Å². The molecule has 0 bridgehead atoms. The summed E-state index contributed by atoms with van der Waals surface area (Å²) in [5.74, 6) is 0. The van der Waals surface area contributed by atoms with Crippen LogP contribution < -0.4 is 10.0 Å². The van der Waals surface area contributed by atoms with Gasteiger partial charge in [-0.15, -0.1) is 0 Å². The topological polar surface area (TPSA) is 61.4 Å². The molecule has 1 saturated heterocycles. The van der Waals surface area contributed by atoms with Crippen LogP contribution in [0.15, 0.2) is 0 Å². The highest BCUT2D eigenvalue weighted by Gasteiger charge is 2.24. The van der Waals surface area contributed by atoms with E-state index in [-0.39, 0.29) is 0 Å². The van der Waals surface area contributed by atoms with Crippen molar-refractivity contribution < 1.29 is 8.42 Å². The molecule has 1 aliphatic rings. The van der Waals surface area contributed by atoms with E-state index in [2.05, 4.69) is 28.9 Å². The molecular weight excluding hydrogens is 226 g/mol. The Morgan fingerprint density at radius 1 is 1.38 bits per heavy atom. The molecule has 1 fully saturated rings. The number of hydrogen-bond donors (Lipinski definition) is 2. The molecule has 6 heteroatoms. The van der Waals surface area contributed by atoms with Gasteiger partial charge in [-0.25, -0.2) is 13.1 Å². The first-order valence-electron chi connectivity index (χ1n) is 5.77. The molecule has 16 heavy (non-hydrogen) atoms. The summed E-state index contributed by atoms with van der Waals surface area (Å²) in [6, 6.07) is 1.20. The SMILES string of the molecule is CC1CC(NCCCNS(C)(=O)=O)CN1C. The van der Waals surface area contributed by atoms with Crippen LogP contribution in [-0.2, 0) is 10.0 Å². The van der Waals surface area contributed by atoms with Gasteiger partial charge >= 0.3 is 0 Å². The van der Waals surface area contributed by atoms with Gasteiger partial charge < -0.3 is 10.2 Å². The van der Waals surface area contributed by atoms with Crippen molar-refractivity contribution in [1.29, 1.82) is 0 Å². The van der Waals surface area contributed by atoms with E-state index in [1.165, 1.54) is 12.7 Å². The third-order valence-electron chi connectivity index (χ3n) is 3.04. The largest absolute Gasteiger partial charge is 0.313 e. The van der Waals surface area contributed by atoms with Crippen LogP contribution >= 0.6 is 0 Å². The van der Waals surface area contributed by atoms with Crippen molar-refractivity contribution in [2.45, 2.75) is 31.8 Å². The smallest absolute Gasteiger partial charge is 0.208 e. The molecule has 1 aliphatic heterocycles. The lowest BCUT2D eigenvalue weighted by atomic mass is 10.2. The van der Waals surface area contributed by atoms with Gasteiger partial charge in [0.1, 0.15) is 0 Å². The molecular formula is C10H23N3O2S. The zero-order chi connectivity index (χ0) is 12.2. The zero-order valence-electron chi connectivity index (χ0n) is 10.4. The first-order chi connectivity index (χ1) is 7.38. The molecule has 5 nitrogen and oxygen atoms in total. The first-order valence-corrected chi connectivity index (χ1v) is 7.66. The number of hydrogen-bond acceptors (Lipinski definition) is 4. The predicted octanol–water partition coefficient (Wildman–Crippen LogP) is -0.392. The van der Waals surface area contributed by atoms with E-state index in [0.717, 1.165) is 19.5 Å². The quantitative estimate of drug-likeness (QED) is 0.629. The highest BCUT2D eigenvalue weighted by atomic mass is 32.2. The Hall–Kier alpha value is -0.170. The normalized spacial score (nSPS) is 27.4. The lowest BCUT2D eigenvalue weighted by Gasteiger charge is -2.13. The molecule has 2 atom stereocenters. The van der Waals surface area contributed by atoms with Crippen molar-refractivity contribution in [3.8, 4) is 0 Å². The minimum Gasteiger partial charge on any atom is -0.313 e. The van der Waals surface area contributed by atoms with Crippen molar-refractivity contribution in [2.24, 2.45) is 0 Å². The van der Waals surface area contributed by atoms with Gasteiger partial charge in [-0.2, -0.15) is 0 Å². The Kier molecular flexibility index (Phi) is 5.17. The van der Waals surface area contributed by atoms with Crippen molar-refractivity contribution in [3.63, 3.8) is 0 Å². The van der Waals surface area contributed by atoms with Crippen LogP contribution in [0.2, 0.25) is 0 Å². The van der Waals surface area contributed by atoms with Gasteiger partial charge in [0.05, 0.1) is 6.26 Å². The number of rotatable bonds is 6. The maximum atomic E-state index is 10.8. The van der Waals surface area contributed by atoms with Crippen LogP contribution in [0.4, 0.5) is 0 Å². The third-order valence-corrected chi connectivity index (χ3v) is 3.77. The zero-order valence-corrected chi connectivity index (χ0v) is 11.2. The fourth-order valence-electron chi connectivity index (χ4n) is 1.99. The van der Waals surface area contributed by atoms with Gasteiger partial charge in [0.25, 0.3) is 0 Å². The minimum absolute atomic E-state index is 0.518. The average molecular weight is 249 g/mol. The Morgan fingerprint density at radius 3 is 2.56 bits per heavy atom. The molecule has 1 heterocycles. The van der Waals surface area contributed by atoms with Crippen LogP contribution in [0.3, 0.4) is 0 Å². The molecule has 96 valence electrons. The van der Waals surface area contributed by atoms with Crippen LogP contribution in [0.5, 0.6) is 0 Å². The molecule has 0 spiro atoms. The summed E-state index contributed by atoms with van der Waals surface area (Å²) in [6.07, 6.45) is 3.20. The molecule has 0 amide bonds. The lowest BCUT2D eigenvalue weighted by molar-refractivity contribution is 0.326. The predicted molar refractivity (Wildman–Crippen MR) is 66.0 cm³/mol. The van der Waals surface area contributed by atoms with Crippen molar-refractivity contribution in [2.75, 3.05) is 32.9 Å². The second-order valence-corrected chi connectivity index (χ2v) is 6.53. The Labute approximate surface area is 98.6 Å². The second kappa shape index (κ2) is 5.95. The molecule has 2 unspecified atom stereocenters. The Morgan fingerprint density at radius 2 is 2.06 bits per heavy atom. The maximum Gasteiger partial charge on any atom is 0.208 e. The van der Waals surface area contributed by atoms with Gasteiger partial charge in [-0.3, -0.25) is 0 Å². The van der Waals surface area contributed by atoms with Crippen LogP contribution in [-0.4, -0.2) is 58.3 Å². The van der Waals surface area contributed by atoms with E-state index < -0.39 is 10.0 Å². The lowest BCUT2D eigenvalue weighted by Crippen LogP contribution is -2.34. The van der Waals surface area contributed by atoms with Crippen LogP contribution in [0.1, 0.15) is 19.8 Å². The second-order valence-electron chi connectivity index (χ2n) is 4.70. The molecule has 0 aliphatic carbocycles. The highest BCUT2D eigenvalue weighted by Crippen LogP contribution is 2.14. The standard InChI is InChI=1S/C10H23N3O2S/c1-9-7-10(8-13(9)2)11-5-4-6-12-16(3,14)15/h9-12H,4-8H2,1-3H3. The number of likely N-dealkylation sites (tertiary alicyclic amines) is 1. The molecule has 0 radical (unpaired) electrons. The highest BCUT2D eigenvalue weighted by molar-refractivity contribution is 7.88. The fourth-order valence-corrected chi connectivity index (χ4v) is 2.51. The van der Waals surface area contributed by atoms with Crippen molar-refractivity contribution in [3.05, 3.63) is 0 Å². The molecule has 0 aromatic rings. The first kappa shape index (κ1) is 13.9. The molecule has 2 N–H and O–H groups in total. The summed E-state index contributed by atoms with van der Waals surface area (Å²) < 4.78 is 24.1. The van der Waals surface area contributed by atoms with Crippen LogP contribution in [0, 0.1) is 0 Å². The Bertz CT molecular complexity index is 295. The van der Waals surface area contributed by atoms with Crippen molar-refractivity contribution in [1.82, 2.24) is 14.9 Å². The van der Waals surface area contributed by atoms with Gasteiger partial charge in [0, 0.05) is 25.2 Å². The fraction of sp³-hybridized carbons (Fsp3) is 1.00. The summed E-state index contributed by atoms with van der Waals surface area (Å²) in [5.41, 5.74) is 0. The van der Waals surface area contributed by atoms with E-state index in [1.807, 2.05) is 0 Å². The van der Waals surface area contributed by atoms with E-state index in [4.69, 9.17) is 0 Å². The summed E-state index contributed by atoms with van der Waals surface area (Å²) in [4.78, 5) is 2.34. The van der Waals surface area contributed by atoms with E-state index in [0.29, 0.717) is 18.6 Å². The average Bonchev–Trinajstić information content (AvgIpc) is 2.44. The summed E-state index contributed by atoms with van der Waals surface area (Å²) >= 11 is 0.